The van der Waals surface area contributed by atoms with Crippen LogP contribution in [0.2, 0.25) is 0 Å². The second-order valence-corrected chi connectivity index (χ2v) is 9.30. The van der Waals surface area contributed by atoms with E-state index in [1.165, 1.54) is 38.5 Å². The Morgan fingerprint density at radius 3 is 2.82 bits per heavy atom. The molecule has 0 heterocycles. The van der Waals surface area contributed by atoms with Crippen LogP contribution in [0.1, 0.15) is 65.7 Å². The summed E-state index contributed by atoms with van der Waals surface area (Å²) in [6, 6.07) is 0. The van der Waals surface area contributed by atoms with Crippen LogP contribution in [0, 0.1) is 29.1 Å². The predicted molar refractivity (Wildman–Crippen MR) is 102 cm³/mol. The quantitative estimate of drug-likeness (QED) is 0.452. The van der Waals surface area contributed by atoms with E-state index in [9.17, 15) is 5.11 Å². The van der Waals surface area contributed by atoms with Gasteiger partial charge in [0, 0.05) is 0 Å². The van der Waals surface area contributed by atoms with Gasteiger partial charge >= 0.3 is 0 Å². The molecule has 6 atom stereocenters. The van der Waals surface area contributed by atoms with E-state index < -0.39 is 5.60 Å². The lowest BCUT2D eigenvalue weighted by Crippen LogP contribution is -2.36. The lowest BCUT2D eigenvalue weighted by atomic mass is 9.61. The molecule has 2 fully saturated rings. The number of hydrogen-bond acceptors (Lipinski definition) is 1. The van der Waals surface area contributed by atoms with Crippen molar-refractivity contribution in [2.45, 2.75) is 71.3 Å². The predicted octanol–water partition coefficient (Wildman–Crippen LogP) is 5.88. The number of fused-ring (bicyclic) bond motifs is 1. The molecule has 1 N–H and O–H groups in total. The smallest absolute Gasteiger partial charge is 0.0805 e. The number of halogens is 1. The Balaban J connectivity index is 1.69. The number of rotatable bonds is 3. The third-order valence-electron chi connectivity index (χ3n) is 6.94. The van der Waals surface area contributed by atoms with Crippen molar-refractivity contribution in [1.82, 2.24) is 0 Å². The summed E-state index contributed by atoms with van der Waals surface area (Å²) in [6.07, 6.45) is 13.4. The highest BCUT2D eigenvalue weighted by Crippen LogP contribution is 2.60. The summed E-state index contributed by atoms with van der Waals surface area (Å²) in [5, 5.41) is 10.2. The fraction of sp³-hybridized carbons (Fsp3) is 0.800. The zero-order valence-electron chi connectivity index (χ0n) is 14.3. The van der Waals surface area contributed by atoms with E-state index in [0.29, 0.717) is 11.3 Å². The minimum atomic E-state index is -0.561. The molecule has 1 unspecified atom stereocenters. The molecular weight excluding hydrogens is 383 g/mol. The Labute approximate surface area is 149 Å². The maximum absolute atomic E-state index is 10.2. The zero-order chi connectivity index (χ0) is 16.0. The van der Waals surface area contributed by atoms with Crippen LogP contribution in [0.15, 0.2) is 21.8 Å². The van der Waals surface area contributed by atoms with Crippen LogP contribution in [0.4, 0.5) is 0 Å². The third kappa shape index (κ3) is 3.07. The Kier molecular flexibility index (Phi) is 4.82. The van der Waals surface area contributed by atoms with Crippen molar-refractivity contribution in [2.75, 3.05) is 0 Å². The minimum Gasteiger partial charge on any atom is -0.386 e. The molecule has 22 heavy (non-hydrogen) atoms. The van der Waals surface area contributed by atoms with Crippen molar-refractivity contribution < 1.29 is 5.11 Å². The first-order chi connectivity index (χ1) is 10.4. The molecule has 3 aliphatic rings. The van der Waals surface area contributed by atoms with E-state index in [1.54, 1.807) is 5.57 Å². The molecule has 0 amide bonds. The molecule has 1 nitrogen and oxygen atoms in total. The molecule has 0 bridgehead atoms. The first-order valence-corrected chi connectivity index (χ1v) is 10.3. The van der Waals surface area contributed by atoms with E-state index >= 15 is 0 Å². The molecule has 0 spiro atoms. The maximum Gasteiger partial charge on any atom is 0.0805 e. The van der Waals surface area contributed by atoms with Crippen LogP contribution in [0.5, 0.6) is 0 Å². The van der Waals surface area contributed by atoms with Gasteiger partial charge in [0.1, 0.15) is 0 Å². The van der Waals surface area contributed by atoms with Crippen molar-refractivity contribution in [3.8, 4) is 0 Å². The fourth-order valence-electron chi connectivity index (χ4n) is 5.96. The molecule has 2 heteroatoms. The topological polar surface area (TPSA) is 20.2 Å². The average molecular weight is 414 g/mol. The van der Waals surface area contributed by atoms with Gasteiger partial charge in [0.05, 0.1) is 5.60 Å². The molecule has 3 rings (SSSR count). The fourth-order valence-corrected chi connectivity index (χ4v) is 6.70. The lowest BCUT2D eigenvalue weighted by Gasteiger charge is -2.44. The van der Waals surface area contributed by atoms with Crippen LogP contribution >= 0.6 is 22.6 Å². The van der Waals surface area contributed by atoms with Gasteiger partial charge in [-0.05, 0) is 85.0 Å². The number of allylic oxidation sites excluding steroid dienone is 2. The van der Waals surface area contributed by atoms with Crippen LogP contribution in [-0.4, -0.2) is 10.7 Å². The molecule has 124 valence electrons. The van der Waals surface area contributed by atoms with Gasteiger partial charge in [0.25, 0.3) is 0 Å². The van der Waals surface area contributed by atoms with Gasteiger partial charge in [-0.15, -0.1) is 0 Å². The largest absolute Gasteiger partial charge is 0.386 e. The van der Waals surface area contributed by atoms with Gasteiger partial charge in [-0.2, -0.15) is 0 Å². The van der Waals surface area contributed by atoms with Gasteiger partial charge in [0.2, 0.25) is 0 Å². The van der Waals surface area contributed by atoms with Gasteiger partial charge in [-0.1, -0.05) is 54.2 Å². The summed E-state index contributed by atoms with van der Waals surface area (Å²) in [5.41, 5.74) is 1.70. The molecule has 0 aromatic carbocycles. The molecule has 0 aliphatic heterocycles. The van der Waals surface area contributed by atoms with Crippen molar-refractivity contribution in [1.29, 1.82) is 0 Å². The minimum absolute atomic E-state index is 0.527. The van der Waals surface area contributed by atoms with Gasteiger partial charge in [-0.25, -0.2) is 0 Å². The van der Waals surface area contributed by atoms with Crippen molar-refractivity contribution in [3.63, 3.8) is 0 Å². The first kappa shape index (κ1) is 17.0. The standard InChI is InChI=1S/C20H31IO/c1-14(11-15-8-10-19(2,22)12-15)17-6-7-18-16(13-21)5-4-9-20(17,18)3/h8,10,13-15,17-18,22H,4-7,9,11-12H2,1-3H3/b16-13+/t14-,15-,17-,18?,19+,20-/m1/s1. The van der Waals surface area contributed by atoms with E-state index in [4.69, 9.17) is 0 Å². The van der Waals surface area contributed by atoms with Crippen LogP contribution in [0.3, 0.4) is 0 Å². The highest BCUT2D eigenvalue weighted by atomic mass is 127. The van der Waals surface area contributed by atoms with Gasteiger partial charge in [-0.3, -0.25) is 0 Å². The Morgan fingerprint density at radius 1 is 1.41 bits per heavy atom. The summed E-state index contributed by atoms with van der Waals surface area (Å²) >= 11 is 2.46. The second kappa shape index (κ2) is 6.23. The highest BCUT2D eigenvalue weighted by molar-refractivity contribution is 14.1. The summed E-state index contributed by atoms with van der Waals surface area (Å²) in [7, 11) is 0. The second-order valence-electron chi connectivity index (χ2n) is 8.67. The Hall–Kier alpha value is 0.170. The summed E-state index contributed by atoms with van der Waals surface area (Å²) in [4.78, 5) is 0. The van der Waals surface area contributed by atoms with E-state index in [2.05, 4.69) is 46.6 Å². The molecule has 0 aromatic rings. The highest BCUT2D eigenvalue weighted by Gasteiger charge is 2.50. The molecule has 2 saturated carbocycles. The van der Waals surface area contributed by atoms with Crippen LogP contribution in [0.25, 0.3) is 0 Å². The van der Waals surface area contributed by atoms with Gasteiger partial charge in [0.15, 0.2) is 0 Å². The monoisotopic (exact) mass is 414 g/mol. The Bertz CT molecular complexity index is 478. The van der Waals surface area contributed by atoms with Crippen molar-refractivity contribution in [3.05, 3.63) is 21.8 Å². The maximum atomic E-state index is 10.2. The Morgan fingerprint density at radius 2 is 2.18 bits per heavy atom. The van der Waals surface area contributed by atoms with E-state index in [0.717, 1.165) is 24.2 Å². The third-order valence-corrected chi connectivity index (χ3v) is 7.74. The van der Waals surface area contributed by atoms with Crippen LogP contribution < -0.4 is 0 Å². The summed E-state index contributed by atoms with van der Waals surface area (Å²) < 4.78 is 2.38. The van der Waals surface area contributed by atoms with E-state index in [1.807, 2.05) is 13.0 Å². The normalized spacial score (nSPS) is 47.9. The van der Waals surface area contributed by atoms with Gasteiger partial charge < -0.3 is 5.11 Å². The first-order valence-electron chi connectivity index (χ1n) is 9.06. The average Bonchev–Trinajstić information content (AvgIpc) is 2.97. The SMILES string of the molecule is C[C@H](C[C@H]1C=C[C@](C)(O)C1)[C@H]1CCC2/C(=C/I)CCC[C@@]21C. The zero-order valence-corrected chi connectivity index (χ0v) is 16.5. The summed E-state index contributed by atoms with van der Waals surface area (Å²) in [5.74, 6) is 3.05. The molecule has 0 saturated heterocycles. The van der Waals surface area contributed by atoms with Crippen LogP contribution in [-0.2, 0) is 0 Å². The summed E-state index contributed by atoms with van der Waals surface area (Å²) in [6.45, 7) is 6.99. The van der Waals surface area contributed by atoms with Crippen molar-refractivity contribution in [2.24, 2.45) is 29.1 Å². The molecule has 0 radical (unpaired) electrons. The molecule has 0 aromatic heterocycles. The van der Waals surface area contributed by atoms with Crippen molar-refractivity contribution >= 4 is 22.6 Å². The number of hydrogen-bond donors (Lipinski definition) is 1. The molecular formula is C20H31IO. The molecule has 3 aliphatic carbocycles. The number of aliphatic hydroxyl groups is 1. The lowest BCUT2D eigenvalue weighted by molar-refractivity contribution is 0.0756. The van der Waals surface area contributed by atoms with E-state index in [-0.39, 0.29) is 0 Å².